The molecule has 2 unspecified atom stereocenters. The lowest BCUT2D eigenvalue weighted by Crippen LogP contribution is -2.34. The van der Waals surface area contributed by atoms with Crippen molar-refractivity contribution in [2.24, 2.45) is 11.8 Å². The molecule has 1 heterocycles. The van der Waals surface area contributed by atoms with Crippen molar-refractivity contribution in [2.75, 3.05) is 13.1 Å². The summed E-state index contributed by atoms with van der Waals surface area (Å²) in [6.07, 6.45) is 3.03. The van der Waals surface area contributed by atoms with E-state index in [9.17, 15) is 4.79 Å². The number of benzene rings is 1. The number of rotatable bonds is 6. The number of piperidine rings is 1. The fraction of sp³-hybridized carbons (Fsp3) is 0.650. The standard InChI is InChI=1S/C20H32N2O/c1-14(2)17-5-7-19(8-6-17)16(4)22-20(23)13-15(3)18-9-11-21-12-10-18/h5-8,14-16,18,21H,9-13H2,1-4H3,(H,22,23). The van der Waals surface area contributed by atoms with E-state index >= 15 is 0 Å². The Bertz CT molecular complexity index is 489. The third-order valence-corrected chi connectivity index (χ3v) is 5.18. The fourth-order valence-electron chi connectivity index (χ4n) is 3.43. The van der Waals surface area contributed by atoms with Crippen LogP contribution in [0.4, 0.5) is 0 Å². The highest BCUT2D eigenvalue weighted by molar-refractivity contribution is 5.76. The van der Waals surface area contributed by atoms with Crippen LogP contribution in [0.3, 0.4) is 0 Å². The van der Waals surface area contributed by atoms with Gasteiger partial charge in [-0.25, -0.2) is 0 Å². The van der Waals surface area contributed by atoms with Gasteiger partial charge in [-0.05, 0) is 61.7 Å². The van der Waals surface area contributed by atoms with Crippen LogP contribution in [0.1, 0.15) is 70.0 Å². The molecule has 0 spiro atoms. The zero-order valence-corrected chi connectivity index (χ0v) is 15.1. The van der Waals surface area contributed by atoms with Crippen LogP contribution in [-0.4, -0.2) is 19.0 Å². The van der Waals surface area contributed by atoms with E-state index in [1.165, 1.54) is 24.0 Å². The van der Waals surface area contributed by atoms with Gasteiger partial charge in [-0.3, -0.25) is 4.79 Å². The first-order valence-electron chi connectivity index (χ1n) is 9.07. The minimum absolute atomic E-state index is 0.0731. The average Bonchev–Trinajstić information content (AvgIpc) is 2.55. The van der Waals surface area contributed by atoms with E-state index < -0.39 is 0 Å². The van der Waals surface area contributed by atoms with Gasteiger partial charge in [0.2, 0.25) is 5.91 Å². The molecule has 0 bridgehead atoms. The summed E-state index contributed by atoms with van der Waals surface area (Å²) in [4.78, 5) is 12.3. The smallest absolute Gasteiger partial charge is 0.220 e. The molecular weight excluding hydrogens is 284 g/mol. The summed E-state index contributed by atoms with van der Waals surface area (Å²) >= 11 is 0. The summed E-state index contributed by atoms with van der Waals surface area (Å²) < 4.78 is 0. The van der Waals surface area contributed by atoms with Gasteiger partial charge in [0.1, 0.15) is 0 Å². The Morgan fingerprint density at radius 1 is 1.09 bits per heavy atom. The molecule has 128 valence electrons. The summed E-state index contributed by atoms with van der Waals surface area (Å²) in [5.74, 6) is 1.87. The molecule has 1 aromatic carbocycles. The SMILES string of the molecule is CC(C)c1ccc(C(C)NC(=O)CC(C)C2CCNCC2)cc1. The lowest BCUT2D eigenvalue weighted by Gasteiger charge is -2.28. The highest BCUT2D eigenvalue weighted by Gasteiger charge is 2.22. The third-order valence-electron chi connectivity index (χ3n) is 5.18. The molecule has 1 fully saturated rings. The lowest BCUT2D eigenvalue weighted by molar-refractivity contribution is -0.123. The van der Waals surface area contributed by atoms with E-state index in [2.05, 4.69) is 62.6 Å². The molecule has 1 aliphatic rings. The molecule has 2 atom stereocenters. The molecule has 0 aromatic heterocycles. The maximum absolute atomic E-state index is 12.3. The van der Waals surface area contributed by atoms with Crippen molar-refractivity contribution in [3.63, 3.8) is 0 Å². The van der Waals surface area contributed by atoms with Crippen LogP contribution in [-0.2, 0) is 4.79 Å². The minimum Gasteiger partial charge on any atom is -0.350 e. The Hall–Kier alpha value is -1.35. The van der Waals surface area contributed by atoms with Crippen LogP contribution < -0.4 is 10.6 Å². The van der Waals surface area contributed by atoms with E-state index in [0.29, 0.717) is 24.2 Å². The molecule has 1 aliphatic heterocycles. The van der Waals surface area contributed by atoms with Gasteiger partial charge in [0.25, 0.3) is 0 Å². The Morgan fingerprint density at radius 3 is 2.22 bits per heavy atom. The molecule has 2 N–H and O–H groups in total. The normalized spacial score (nSPS) is 18.7. The predicted octanol–water partition coefficient (Wildman–Crippen LogP) is 4.01. The molecule has 23 heavy (non-hydrogen) atoms. The molecular formula is C20H32N2O. The number of carbonyl (C=O) groups is 1. The summed E-state index contributed by atoms with van der Waals surface area (Å²) in [6.45, 7) is 10.9. The zero-order chi connectivity index (χ0) is 16.8. The molecule has 0 aliphatic carbocycles. The van der Waals surface area contributed by atoms with Gasteiger partial charge in [-0.15, -0.1) is 0 Å². The van der Waals surface area contributed by atoms with Gasteiger partial charge in [0, 0.05) is 6.42 Å². The van der Waals surface area contributed by atoms with Crippen molar-refractivity contribution in [2.45, 2.75) is 58.9 Å². The van der Waals surface area contributed by atoms with Crippen molar-refractivity contribution in [1.29, 1.82) is 0 Å². The third kappa shape index (κ3) is 5.35. The number of carbonyl (C=O) groups excluding carboxylic acids is 1. The van der Waals surface area contributed by atoms with E-state index in [1.54, 1.807) is 0 Å². The van der Waals surface area contributed by atoms with Gasteiger partial charge in [0.15, 0.2) is 0 Å². The number of hydrogen-bond acceptors (Lipinski definition) is 2. The minimum atomic E-state index is 0.0731. The first-order valence-corrected chi connectivity index (χ1v) is 9.07. The molecule has 2 rings (SSSR count). The second kappa shape index (κ2) is 8.49. The van der Waals surface area contributed by atoms with Gasteiger partial charge in [-0.2, -0.15) is 0 Å². The Balaban J connectivity index is 1.83. The number of nitrogens with one attached hydrogen (secondary N) is 2. The molecule has 3 nitrogen and oxygen atoms in total. The van der Waals surface area contributed by atoms with Gasteiger partial charge in [-0.1, -0.05) is 45.0 Å². The average molecular weight is 316 g/mol. The summed E-state index contributed by atoms with van der Waals surface area (Å²) in [5, 5.41) is 6.55. The monoisotopic (exact) mass is 316 g/mol. The first kappa shape index (κ1) is 18.0. The van der Waals surface area contributed by atoms with E-state index in [0.717, 1.165) is 13.1 Å². The molecule has 3 heteroatoms. The Labute approximate surface area is 141 Å². The van der Waals surface area contributed by atoms with E-state index in [1.807, 2.05) is 0 Å². The van der Waals surface area contributed by atoms with Crippen LogP contribution in [0.25, 0.3) is 0 Å². The van der Waals surface area contributed by atoms with Crippen molar-refractivity contribution >= 4 is 5.91 Å². The second-order valence-corrected chi connectivity index (χ2v) is 7.38. The predicted molar refractivity (Wildman–Crippen MR) is 96.5 cm³/mol. The van der Waals surface area contributed by atoms with Crippen LogP contribution in [0.2, 0.25) is 0 Å². The van der Waals surface area contributed by atoms with Crippen molar-refractivity contribution in [3.8, 4) is 0 Å². The van der Waals surface area contributed by atoms with Crippen molar-refractivity contribution in [1.82, 2.24) is 10.6 Å². The molecule has 1 saturated heterocycles. The molecule has 1 aromatic rings. The number of amides is 1. The zero-order valence-electron chi connectivity index (χ0n) is 15.1. The van der Waals surface area contributed by atoms with Crippen molar-refractivity contribution < 1.29 is 4.79 Å². The lowest BCUT2D eigenvalue weighted by atomic mass is 9.84. The van der Waals surface area contributed by atoms with Crippen LogP contribution >= 0.6 is 0 Å². The highest BCUT2D eigenvalue weighted by atomic mass is 16.1. The van der Waals surface area contributed by atoms with Gasteiger partial charge < -0.3 is 10.6 Å². The number of hydrogen-bond donors (Lipinski definition) is 2. The van der Waals surface area contributed by atoms with Gasteiger partial charge in [0.05, 0.1) is 6.04 Å². The van der Waals surface area contributed by atoms with Crippen LogP contribution in [0, 0.1) is 11.8 Å². The van der Waals surface area contributed by atoms with Crippen molar-refractivity contribution in [3.05, 3.63) is 35.4 Å². The Morgan fingerprint density at radius 2 is 1.65 bits per heavy atom. The Kier molecular flexibility index (Phi) is 6.64. The largest absolute Gasteiger partial charge is 0.350 e. The summed E-state index contributed by atoms with van der Waals surface area (Å²) in [7, 11) is 0. The summed E-state index contributed by atoms with van der Waals surface area (Å²) in [6, 6.07) is 8.68. The topological polar surface area (TPSA) is 41.1 Å². The first-order chi connectivity index (χ1) is 11.0. The summed E-state index contributed by atoms with van der Waals surface area (Å²) in [5.41, 5.74) is 2.52. The second-order valence-electron chi connectivity index (χ2n) is 7.38. The van der Waals surface area contributed by atoms with Gasteiger partial charge >= 0.3 is 0 Å². The molecule has 1 amide bonds. The van der Waals surface area contributed by atoms with Crippen LogP contribution in [0.15, 0.2) is 24.3 Å². The molecule has 0 saturated carbocycles. The fourth-order valence-corrected chi connectivity index (χ4v) is 3.43. The maximum Gasteiger partial charge on any atom is 0.220 e. The van der Waals surface area contributed by atoms with E-state index in [-0.39, 0.29) is 11.9 Å². The molecule has 0 radical (unpaired) electrons. The maximum atomic E-state index is 12.3. The van der Waals surface area contributed by atoms with Crippen LogP contribution in [0.5, 0.6) is 0 Å². The quantitative estimate of drug-likeness (QED) is 0.832. The van der Waals surface area contributed by atoms with E-state index in [4.69, 9.17) is 0 Å². The highest BCUT2D eigenvalue weighted by Crippen LogP contribution is 2.25.